The molecule has 1 unspecified atom stereocenters. The first kappa shape index (κ1) is 19.2. The number of nitrogens with zero attached hydrogens (tertiary/aromatic N) is 2. The average molecular weight is 411 g/mol. The van der Waals surface area contributed by atoms with Crippen LogP contribution >= 0.6 is 0 Å². The van der Waals surface area contributed by atoms with Crippen molar-refractivity contribution in [3.05, 3.63) is 34.9 Å². The van der Waals surface area contributed by atoms with E-state index in [0.29, 0.717) is 37.7 Å². The van der Waals surface area contributed by atoms with Crippen LogP contribution in [-0.4, -0.2) is 71.2 Å². The molecule has 3 saturated heterocycles. The topological polar surface area (TPSA) is 111 Å². The zero-order chi connectivity index (χ0) is 20.8. The normalized spacial score (nSPS) is 29.3. The Kier molecular flexibility index (Phi) is 4.79. The predicted molar refractivity (Wildman–Crippen MR) is 106 cm³/mol. The number of piperidine rings is 2. The van der Waals surface area contributed by atoms with Gasteiger partial charge in [-0.15, -0.1) is 0 Å². The first-order valence-electron chi connectivity index (χ1n) is 10.5. The summed E-state index contributed by atoms with van der Waals surface area (Å²) < 4.78 is 0. The number of carbonyl (C=O) groups excluding carboxylic acids is 4. The van der Waals surface area contributed by atoms with Gasteiger partial charge in [-0.1, -0.05) is 18.2 Å². The minimum Gasteiger partial charge on any atom is -0.349 e. The van der Waals surface area contributed by atoms with Crippen molar-refractivity contribution in [2.75, 3.05) is 19.6 Å². The van der Waals surface area contributed by atoms with E-state index in [4.69, 9.17) is 0 Å². The molecular weight excluding hydrogens is 386 g/mol. The standard InChI is InChI=1S/C21H25N5O4/c27-17-5-4-16(20(29)24-17)26-10-13-3-1-2-12(19(13)21(26)30)9-25-7-6-14-15(11-25)23-18(28)8-22-14/h1-3,14-16,22H,4-11H2,(H,23,28)(H,24,27,29)/t14-,15+,16?/m0/s1. The Labute approximate surface area is 174 Å². The summed E-state index contributed by atoms with van der Waals surface area (Å²) in [7, 11) is 0. The summed E-state index contributed by atoms with van der Waals surface area (Å²) in [6.45, 7) is 3.01. The van der Waals surface area contributed by atoms with Crippen LogP contribution in [0.5, 0.6) is 0 Å². The number of fused-ring (bicyclic) bond motifs is 2. The van der Waals surface area contributed by atoms with Gasteiger partial charge in [0.15, 0.2) is 0 Å². The van der Waals surface area contributed by atoms with Crippen molar-refractivity contribution in [3.63, 3.8) is 0 Å². The van der Waals surface area contributed by atoms with Gasteiger partial charge in [0.25, 0.3) is 5.91 Å². The van der Waals surface area contributed by atoms with Gasteiger partial charge >= 0.3 is 0 Å². The molecule has 3 fully saturated rings. The number of piperazine rings is 1. The van der Waals surface area contributed by atoms with Gasteiger partial charge in [0.1, 0.15) is 6.04 Å². The van der Waals surface area contributed by atoms with Crippen molar-refractivity contribution in [3.8, 4) is 0 Å². The van der Waals surface area contributed by atoms with Crippen molar-refractivity contribution in [2.24, 2.45) is 0 Å². The molecule has 3 N–H and O–H groups in total. The number of hydrogen-bond donors (Lipinski definition) is 3. The van der Waals surface area contributed by atoms with E-state index in [-0.39, 0.29) is 30.2 Å². The summed E-state index contributed by atoms with van der Waals surface area (Å²) in [6.07, 6.45) is 1.55. The van der Waals surface area contributed by atoms with Gasteiger partial charge in [-0.2, -0.15) is 0 Å². The number of nitrogens with one attached hydrogen (secondary N) is 3. The summed E-state index contributed by atoms with van der Waals surface area (Å²) in [6, 6.07) is 5.62. The zero-order valence-corrected chi connectivity index (χ0v) is 16.6. The molecule has 9 heteroatoms. The molecule has 1 aromatic rings. The maximum atomic E-state index is 13.2. The van der Waals surface area contributed by atoms with E-state index in [1.165, 1.54) is 0 Å². The van der Waals surface area contributed by atoms with Crippen molar-refractivity contribution < 1.29 is 19.2 Å². The van der Waals surface area contributed by atoms with Crippen molar-refractivity contribution in [2.45, 2.75) is 50.5 Å². The van der Waals surface area contributed by atoms with Crippen LogP contribution in [0.1, 0.15) is 40.7 Å². The summed E-state index contributed by atoms with van der Waals surface area (Å²) in [5.74, 6) is -0.795. The molecule has 0 aliphatic carbocycles. The fraction of sp³-hybridized carbons (Fsp3) is 0.524. The Hall–Kier alpha value is -2.78. The van der Waals surface area contributed by atoms with E-state index in [0.717, 1.165) is 30.6 Å². The SMILES string of the molecule is O=C1CCC(N2Cc3cccc(CN4CC[C@@H]5NCC(=O)N[C@@H]5C4)c3C2=O)C(=O)N1. The summed E-state index contributed by atoms with van der Waals surface area (Å²) >= 11 is 0. The second-order valence-corrected chi connectivity index (χ2v) is 8.54. The lowest BCUT2D eigenvalue weighted by atomic mass is 9.95. The highest BCUT2D eigenvalue weighted by molar-refractivity contribution is 6.06. The van der Waals surface area contributed by atoms with Gasteiger partial charge in [-0.05, 0) is 24.0 Å². The summed E-state index contributed by atoms with van der Waals surface area (Å²) in [4.78, 5) is 52.5. The largest absolute Gasteiger partial charge is 0.349 e. The van der Waals surface area contributed by atoms with Crippen molar-refractivity contribution in [1.82, 2.24) is 25.8 Å². The molecule has 0 aromatic heterocycles. The van der Waals surface area contributed by atoms with E-state index >= 15 is 0 Å². The predicted octanol–water partition coefficient (Wildman–Crippen LogP) is -0.890. The fourth-order valence-corrected chi connectivity index (χ4v) is 5.10. The van der Waals surface area contributed by atoms with Gasteiger partial charge < -0.3 is 15.5 Å². The Morgan fingerprint density at radius 2 is 1.90 bits per heavy atom. The van der Waals surface area contributed by atoms with Crippen LogP contribution in [0.2, 0.25) is 0 Å². The maximum absolute atomic E-state index is 13.2. The van der Waals surface area contributed by atoms with Crippen LogP contribution in [0.4, 0.5) is 0 Å². The van der Waals surface area contributed by atoms with Crippen molar-refractivity contribution in [1.29, 1.82) is 0 Å². The molecule has 9 nitrogen and oxygen atoms in total. The maximum Gasteiger partial charge on any atom is 0.255 e. The van der Waals surface area contributed by atoms with Gasteiger partial charge in [-0.25, -0.2) is 0 Å². The molecule has 3 atom stereocenters. The molecular formula is C21H25N5O4. The van der Waals surface area contributed by atoms with Gasteiger partial charge in [0.2, 0.25) is 17.7 Å². The minimum absolute atomic E-state index is 0.0220. The van der Waals surface area contributed by atoms with E-state index < -0.39 is 11.9 Å². The lowest BCUT2D eigenvalue weighted by Gasteiger charge is -2.42. The summed E-state index contributed by atoms with van der Waals surface area (Å²) in [5, 5.41) is 8.70. The monoisotopic (exact) mass is 411 g/mol. The number of hydrogen-bond acceptors (Lipinski definition) is 6. The highest BCUT2D eigenvalue weighted by Crippen LogP contribution is 2.31. The van der Waals surface area contributed by atoms with Crippen LogP contribution in [0, 0.1) is 0 Å². The molecule has 0 spiro atoms. The van der Waals surface area contributed by atoms with Crippen LogP contribution in [0.25, 0.3) is 0 Å². The number of amides is 4. The highest BCUT2D eigenvalue weighted by Gasteiger charge is 2.40. The van der Waals surface area contributed by atoms with Gasteiger partial charge in [-0.3, -0.25) is 29.4 Å². The molecule has 4 aliphatic rings. The van der Waals surface area contributed by atoms with Crippen molar-refractivity contribution >= 4 is 23.6 Å². The third kappa shape index (κ3) is 3.37. The second kappa shape index (κ2) is 7.48. The minimum atomic E-state index is -0.602. The third-order valence-electron chi connectivity index (χ3n) is 6.60. The second-order valence-electron chi connectivity index (χ2n) is 8.54. The Balaban J connectivity index is 1.32. The average Bonchev–Trinajstić information content (AvgIpc) is 3.05. The third-order valence-corrected chi connectivity index (χ3v) is 6.60. The van der Waals surface area contributed by atoms with Crippen LogP contribution in [0.3, 0.4) is 0 Å². The highest BCUT2D eigenvalue weighted by atomic mass is 16.2. The van der Waals surface area contributed by atoms with Gasteiger partial charge in [0.05, 0.1) is 12.6 Å². The quantitative estimate of drug-likeness (QED) is 0.557. The molecule has 30 heavy (non-hydrogen) atoms. The van der Waals surface area contributed by atoms with Crippen LogP contribution in [-0.2, 0) is 27.5 Å². The number of carbonyl (C=O) groups is 4. The van der Waals surface area contributed by atoms with E-state index in [1.54, 1.807) is 4.90 Å². The molecule has 4 amide bonds. The Bertz CT molecular complexity index is 932. The molecule has 1 aromatic carbocycles. The number of benzene rings is 1. The lowest BCUT2D eigenvalue weighted by molar-refractivity contribution is -0.137. The first-order chi connectivity index (χ1) is 14.5. The Morgan fingerprint density at radius 1 is 1.03 bits per heavy atom. The van der Waals surface area contributed by atoms with E-state index in [9.17, 15) is 19.2 Å². The van der Waals surface area contributed by atoms with Crippen LogP contribution < -0.4 is 16.0 Å². The first-order valence-corrected chi connectivity index (χ1v) is 10.5. The number of likely N-dealkylation sites (tertiary alicyclic amines) is 1. The van der Waals surface area contributed by atoms with Gasteiger partial charge in [0, 0.05) is 44.2 Å². The molecule has 0 saturated carbocycles. The number of rotatable bonds is 3. The molecule has 0 bridgehead atoms. The van der Waals surface area contributed by atoms with E-state index in [2.05, 4.69) is 20.9 Å². The van der Waals surface area contributed by atoms with Crippen LogP contribution in [0.15, 0.2) is 18.2 Å². The fourth-order valence-electron chi connectivity index (χ4n) is 5.10. The number of imide groups is 1. The molecule has 0 radical (unpaired) electrons. The lowest BCUT2D eigenvalue weighted by Crippen LogP contribution is -2.65. The molecule has 4 heterocycles. The smallest absolute Gasteiger partial charge is 0.255 e. The molecule has 158 valence electrons. The Morgan fingerprint density at radius 3 is 2.73 bits per heavy atom. The summed E-state index contributed by atoms with van der Waals surface area (Å²) in [5.41, 5.74) is 2.54. The van der Waals surface area contributed by atoms with E-state index in [1.807, 2.05) is 18.2 Å². The zero-order valence-electron chi connectivity index (χ0n) is 16.6. The molecule has 5 rings (SSSR count). The molecule has 4 aliphatic heterocycles.